The second-order valence-electron chi connectivity index (χ2n) is 3.52. The van der Waals surface area contributed by atoms with E-state index in [0.717, 1.165) is 16.5 Å². The molecule has 0 atom stereocenters. The van der Waals surface area contributed by atoms with Gasteiger partial charge in [0.15, 0.2) is 0 Å². The molecule has 84 valence electrons. The van der Waals surface area contributed by atoms with Crippen molar-refractivity contribution in [1.29, 1.82) is 0 Å². The average molecular weight is 245 g/mol. The number of ether oxygens (including phenoxy) is 1. The number of thioether (sulfide) groups is 1. The summed E-state index contributed by atoms with van der Waals surface area (Å²) in [5.74, 6) is 2.38. The number of carbonyl (C=O) groups is 1. The van der Waals surface area contributed by atoms with Crippen molar-refractivity contribution >= 4 is 29.1 Å². The summed E-state index contributed by atoms with van der Waals surface area (Å²) < 4.78 is 4.62. The van der Waals surface area contributed by atoms with Crippen LogP contribution in [0.5, 0.6) is 0 Å². The number of hydrogen-bond donors (Lipinski definition) is 0. The van der Waals surface area contributed by atoms with E-state index in [0.29, 0.717) is 10.8 Å². The van der Waals surface area contributed by atoms with Crippen molar-refractivity contribution in [3.63, 3.8) is 0 Å². The molecule has 0 unspecified atom stereocenters. The first-order valence-electron chi connectivity index (χ1n) is 4.74. The van der Waals surface area contributed by atoms with Gasteiger partial charge in [-0.1, -0.05) is 13.8 Å². The lowest BCUT2D eigenvalue weighted by molar-refractivity contribution is 0.0606. The Hall–Kier alpha value is -0.550. The van der Waals surface area contributed by atoms with Gasteiger partial charge >= 0.3 is 5.97 Å². The van der Waals surface area contributed by atoms with Gasteiger partial charge in [0.25, 0.3) is 0 Å². The van der Waals surface area contributed by atoms with Gasteiger partial charge in [0, 0.05) is 5.75 Å². The van der Waals surface area contributed by atoms with Gasteiger partial charge in [0.05, 0.1) is 13.3 Å². The second-order valence-corrected chi connectivity index (χ2v) is 5.66. The third kappa shape index (κ3) is 4.22. The number of carbonyl (C=O) groups excluding carboxylic acids is 1. The Morgan fingerprint density at radius 3 is 3.00 bits per heavy atom. The predicted molar refractivity (Wildman–Crippen MR) is 64.5 cm³/mol. The van der Waals surface area contributed by atoms with Gasteiger partial charge in [0.2, 0.25) is 0 Å². The molecule has 0 spiro atoms. The maximum atomic E-state index is 11.2. The summed E-state index contributed by atoms with van der Waals surface area (Å²) in [6, 6.07) is 0. The Morgan fingerprint density at radius 1 is 1.67 bits per heavy atom. The molecule has 15 heavy (non-hydrogen) atoms. The van der Waals surface area contributed by atoms with Crippen molar-refractivity contribution in [3.05, 3.63) is 16.1 Å². The first kappa shape index (κ1) is 12.5. The zero-order valence-corrected chi connectivity index (χ0v) is 10.8. The molecule has 0 fully saturated rings. The van der Waals surface area contributed by atoms with Crippen LogP contribution in [0.25, 0.3) is 0 Å². The first-order chi connectivity index (χ1) is 7.13. The van der Waals surface area contributed by atoms with Crippen LogP contribution in [0.4, 0.5) is 0 Å². The van der Waals surface area contributed by atoms with E-state index in [-0.39, 0.29) is 5.97 Å². The van der Waals surface area contributed by atoms with Crippen molar-refractivity contribution in [2.75, 3.05) is 12.9 Å². The van der Waals surface area contributed by atoms with E-state index < -0.39 is 0 Å². The van der Waals surface area contributed by atoms with Gasteiger partial charge in [-0.15, -0.1) is 11.3 Å². The van der Waals surface area contributed by atoms with Gasteiger partial charge in [-0.3, -0.25) is 0 Å². The lowest BCUT2D eigenvalue weighted by atomic mass is 10.3. The number of hydrogen-bond acceptors (Lipinski definition) is 5. The molecule has 0 N–H and O–H groups in total. The smallest absolute Gasteiger partial charge is 0.349 e. The maximum Gasteiger partial charge on any atom is 0.349 e. The predicted octanol–water partition coefficient (Wildman–Crippen LogP) is 2.82. The highest BCUT2D eigenvalue weighted by Crippen LogP contribution is 2.20. The molecule has 0 saturated carbocycles. The van der Waals surface area contributed by atoms with Crippen LogP contribution in [-0.2, 0) is 10.5 Å². The topological polar surface area (TPSA) is 39.2 Å². The Kier molecular flexibility index (Phi) is 5.11. The van der Waals surface area contributed by atoms with Crippen LogP contribution < -0.4 is 0 Å². The first-order valence-corrected chi connectivity index (χ1v) is 6.71. The second kappa shape index (κ2) is 6.12. The Balaban J connectivity index is 2.43. The minimum Gasteiger partial charge on any atom is -0.465 e. The van der Waals surface area contributed by atoms with Crippen LogP contribution >= 0.6 is 23.1 Å². The van der Waals surface area contributed by atoms with Crippen molar-refractivity contribution in [2.45, 2.75) is 19.6 Å². The number of rotatable bonds is 5. The van der Waals surface area contributed by atoms with Gasteiger partial charge in [-0.2, -0.15) is 11.8 Å². The van der Waals surface area contributed by atoms with E-state index in [1.54, 1.807) is 6.20 Å². The van der Waals surface area contributed by atoms with E-state index >= 15 is 0 Å². The largest absolute Gasteiger partial charge is 0.465 e. The monoisotopic (exact) mass is 245 g/mol. The standard InChI is InChI=1S/C10H15NO2S2/c1-7(2)5-14-6-9-11-4-8(15-9)10(12)13-3/h4,7H,5-6H2,1-3H3. The number of nitrogens with zero attached hydrogens (tertiary/aromatic N) is 1. The van der Waals surface area contributed by atoms with Gasteiger partial charge in [0.1, 0.15) is 9.88 Å². The normalized spacial score (nSPS) is 10.7. The lowest BCUT2D eigenvalue weighted by Gasteiger charge is -2.01. The zero-order valence-electron chi connectivity index (χ0n) is 9.15. The van der Waals surface area contributed by atoms with Crippen LogP contribution in [0.1, 0.15) is 28.5 Å². The fourth-order valence-corrected chi connectivity index (χ4v) is 2.91. The average Bonchev–Trinajstić information content (AvgIpc) is 2.65. The molecular weight excluding hydrogens is 230 g/mol. The SMILES string of the molecule is COC(=O)c1cnc(CSCC(C)C)s1. The van der Waals surface area contributed by atoms with E-state index in [4.69, 9.17) is 0 Å². The maximum absolute atomic E-state index is 11.2. The summed E-state index contributed by atoms with van der Waals surface area (Å²) in [5.41, 5.74) is 0. The fraction of sp³-hybridized carbons (Fsp3) is 0.600. The molecule has 0 aliphatic heterocycles. The van der Waals surface area contributed by atoms with Crippen LogP contribution in [-0.4, -0.2) is 23.8 Å². The lowest BCUT2D eigenvalue weighted by Crippen LogP contribution is -1.96. The summed E-state index contributed by atoms with van der Waals surface area (Å²) in [6.07, 6.45) is 1.59. The molecule has 1 aromatic heterocycles. The molecule has 0 aliphatic rings. The number of methoxy groups -OCH3 is 1. The summed E-state index contributed by atoms with van der Waals surface area (Å²) >= 11 is 3.25. The van der Waals surface area contributed by atoms with Crippen LogP contribution in [0.2, 0.25) is 0 Å². The number of aromatic nitrogens is 1. The highest BCUT2D eigenvalue weighted by Gasteiger charge is 2.10. The highest BCUT2D eigenvalue weighted by atomic mass is 32.2. The molecular formula is C10H15NO2S2. The van der Waals surface area contributed by atoms with Crippen molar-refractivity contribution < 1.29 is 9.53 Å². The highest BCUT2D eigenvalue weighted by molar-refractivity contribution is 7.98. The van der Waals surface area contributed by atoms with E-state index in [1.165, 1.54) is 18.4 Å². The van der Waals surface area contributed by atoms with Crippen LogP contribution in [0, 0.1) is 5.92 Å². The summed E-state index contributed by atoms with van der Waals surface area (Å²) in [6.45, 7) is 4.38. The molecule has 0 saturated heterocycles. The molecule has 1 aromatic rings. The fourth-order valence-electron chi connectivity index (χ4n) is 0.954. The molecule has 0 radical (unpaired) electrons. The Morgan fingerprint density at radius 2 is 2.40 bits per heavy atom. The number of esters is 1. The van der Waals surface area contributed by atoms with E-state index in [9.17, 15) is 4.79 Å². The third-order valence-electron chi connectivity index (χ3n) is 1.62. The summed E-state index contributed by atoms with van der Waals surface area (Å²) in [4.78, 5) is 15.9. The Labute approximate surface area is 98.2 Å². The Bertz CT molecular complexity index is 323. The summed E-state index contributed by atoms with van der Waals surface area (Å²) in [5, 5.41) is 0.987. The van der Waals surface area contributed by atoms with Gasteiger partial charge < -0.3 is 4.74 Å². The van der Waals surface area contributed by atoms with Crippen molar-refractivity contribution in [3.8, 4) is 0 Å². The zero-order chi connectivity index (χ0) is 11.3. The van der Waals surface area contributed by atoms with Crippen molar-refractivity contribution in [2.24, 2.45) is 5.92 Å². The van der Waals surface area contributed by atoms with E-state index in [1.807, 2.05) is 11.8 Å². The molecule has 1 rings (SSSR count). The molecule has 1 heterocycles. The molecule has 3 nitrogen and oxygen atoms in total. The summed E-state index contributed by atoms with van der Waals surface area (Å²) in [7, 11) is 1.38. The third-order valence-corrected chi connectivity index (χ3v) is 4.16. The van der Waals surface area contributed by atoms with Crippen molar-refractivity contribution in [1.82, 2.24) is 4.98 Å². The number of thiazole rings is 1. The molecule has 0 bridgehead atoms. The van der Waals surface area contributed by atoms with Crippen LogP contribution in [0.15, 0.2) is 6.20 Å². The molecule has 0 aromatic carbocycles. The van der Waals surface area contributed by atoms with Gasteiger partial charge in [-0.05, 0) is 11.7 Å². The minimum absolute atomic E-state index is 0.299. The van der Waals surface area contributed by atoms with Gasteiger partial charge in [-0.25, -0.2) is 9.78 Å². The van der Waals surface area contributed by atoms with E-state index in [2.05, 4.69) is 23.6 Å². The minimum atomic E-state index is -0.299. The molecule has 5 heteroatoms. The molecule has 0 aliphatic carbocycles. The molecule has 0 amide bonds. The quantitative estimate of drug-likeness (QED) is 0.748. The van der Waals surface area contributed by atoms with Crippen LogP contribution in [0.3, 0.4) is 0 Å².